The van der Waals surface area contributed by atoms with E-state index in [0.717, 1.165) is 16.7 Å². The molecule has 0 saturated carbocycles. The second-order valence-corrected chi connectivity index (χ2v) is 14.4. The van der Waals surface area contributed by atoms with Crippen LogP contribution >= 0.6 is 24.2 Å². The Morgan fingerprint density at radius 1 is 1.27 bits per heavy atom. The molecule has 2 saturated heterocycles. The Hall–Kier alpha value is -3.06. The zero-order valence-electron chi connectivity index (χ0n) is 28.9. The normalized spacial score (nSPS) is 33.3. The standard InChI is InChI=1S/C35H48ClN3O8S/c1-19-10-9-11-21(3)35(44)18-26(45-33(43)37-35)22(4)31-34(6,47-31)27(46-32(42)23(5)38(7)28(40)12-13-48)17-29(41)39(8)25-16-24(14-19)15-20(2)30(25)36/h9-11,15-16,21-23,26-27,31,44,48H,12-14,17-18H2,1-8H3,(H,37,43)/b11-9+,19-10+. The van der Waals surface area contributed by atoms with Gasteiger partial charge in [0, 0.05) is 38.8 Å². The highest BCUT2D eigenvalue weighted by atomic mass is 35.5. The molecule has 8 unspecified atom stereocenters. The van der Waals surface area contributed by atoms with E-state index in [4.69, 9.17) is 25.8 Å². The summed E-state index contributed by atoms with van der Waals surface area (Å²) in [6.07, 6.45) is 3.02. The molecule has 2 N–H and O–H groups in total. The maximum absolute atomic E-state index is 14.0. The third-order valence-corrected chi connectivity index (χ3v) is 10.7. The Kier molecular flexibility index (Phi) is 11.7. The predicted octanol–water partition coefficient (Wildman–Crippen LogP) is 4.76. The number of aliphatic hydroxyl groups is 1. The van der Waals surface area contributed by atoms with Crippen LogP contribution in [0.25, 0.3) is 0 Å². The molecule has 3 heterocycles. The molecule has 0 radical (unpaired) electrons. The van der Waals surface area contributed by atoms with Gasteiger partial charge in [-0.05, 0) is 57.1 Å². The number of carbonyl (C=O) groups excluding carboxylic acids is 4. The number of hydrogen-bond acceptors (Lipinski definition) is 9. The number of hydrogen-bond donors (Lipinski definition) is 3. The van der Waals surface area contributed by atoms with Gasteiger partial charge in [0.25, 0.3) is 0 Å². The third-order valence-electron chi connectivity index (χ3n) is 9.99. The summed E-state index contributed by atoms with van der Waals surface area (Å²) < 4.78 is 17.9. The van der Waals surface area contributed by atoms with Gasteiger partial charge < -0.3 is 29.1 Å². The topological polar surface area (TPSA) is 138 Å². The second kappa shape index (κ2) is 14.8. The SMILES string of the molecule is C/C1=C\C=C\C(C)C2(O)CC(OC(=O)N2)C(C)C2OC2(C)C(OC(=O)C(C)N(C)C(=O)CCS)CC(=O)N(C)c2cc(cc(C)c2Cl)C1. The summed E-state index contributed by atoms with van der Waals surface area (Å²) in [5.74, 6) is -1.94. The lowest BCUT2D eigenvalue weighted by Crippen LogP contribution is -2.60. The molecule has 48 heavy (non-hydrogen) atoms. The highest BCUT2D eigenvalue weighted by Crippen LogP contribution is 2.49. The monoisotopic (exact) mass is 705 g/mol. The van der Waals surface area contributed by atoms with Crippen molar-refractivity contribution in [3.8, 4) is 0 Å². The number of ether oxygens (including phenoxy) is 3. The molecule has 0 spiro atoms. The van der Waals surface area contributed by atoms with E-state index in [2.05, 4.69) is 17.9 Å². The first-order valence-corrected chi connectivity index (χ1v) is 17.3. The maximum atomic E-state index is 14.0. The zero-order valence-corrected chi connectivity index (χ0v) is 30.6. The van der Waals surface area contributed by atoms with Crippen LogP contribution < -0.4 is 10.2 Å². The molecule has 4 bridgehead atoms. The lowest BCUT2D eigenvalue weighted by molar-refractivity contribution is -0.161. The molecule has 3 amide bonds. The van der Waals surface area contributed by atoms with E-state index in [-0.39, 0.29) is 31.1 Å². The number of nitrogens with one attached hydrogen (secondary N) is 1. The predicted molar refractivity (Wildman–Crippen MR) is 186 cm³/mol. The number of fused-ring (bicyclic) bond motifs is 5. The van der Waals surface area contributed by atoms with E-state index >= 15 is 0 Å². The van der Waals surface area contributed by atoms with Crippen LogP contribution in [0.1, 0.15) is 65.0 Å². The number of allylic oxidation sites excluding steroid dienone is 3. The van der Waals surface area contributed by atoms with Gasteiger partial charge >= 0.3 is 12.1 Å². The molecule has 8 atom stereocenters. The number of likely N-dealkylation sites (N-methyl/N-ethyl adjacent to an activating group) is 1. The van der Waals surface area contributed by atoms with Crippen LogP contribution in [0.5, 0.6) is 0 Å². The van der Waals surface area contributed by atoms with Gasteiger partial charge in [-0.1, -0.05) is 55.3 Å². The number of nitrogens with zero attached hydrogens (tertiary/aromatic N) is 2. The van der Waals surface area contributed by atoms with Gasteiger partial charge in [-0.25, -0.2) is 9.59 Å². The van der Waals surface area contributed by atoms with Gasteiger partial charge in [0.2, 0.25) is 11.8 Å². The molecule has 264 valence electrons. The van der Waals surface area contributed by atoms with Crippen molar-refractivity contribution < 1.29 is 38.5 Å². The molecular weight excluding hydrogens is 658 g/mol. The summed E-state index contributed by atoms with van der Waals surface area (Å²) in [6, 6.07) is 2.90. The van der Waals surface area contributed by atoms with Crippen LogP contribution in [0.4, 0.5) is 10.5 Å². The fourth-order valence-corrected chi connectivity index (χ4v) is 6.86. The molecule has 11 nitrogen and oxygen atoms in total. The van der Waals surface area contributed by atoms with Crippen molar-refractivity contribution in [2.75, 3.05) is 24.7 Å². The largest absolute Gasteiger partial charge is 0.457 e. The highest BCUT2D eigenvalue weighted by molar-refractivity contribution is 7.80. The van der Waals surface area contributed by atoms with Crippen molar-refractivity contribution >= 4 is 53.8 Å². The number of aryl methyl sites for hydroxylation is 1. The number of carbonyl (C=O) groups is 4. The second-order valence-electron chi connectivity index (χ2n) is 13.6. The summed E-state index contributed by atoms with van der Waals surface area (Å²) >= 11 is 10.9. The van der Waals surface area contributed by atoms with Gasteiger partial charge in [-0.3, -0.25) is 14.9 Å². The van der Waals surface area contributed by atoms with Gasteiger partial charge in [0.05, 0.1) is 23.2 Å². The van der Waals surface area contributed by atoms with Crippen molar-refractivity contribution in [3.05, 3.63) is 52.1 Å². The molecule has 1 aromatic carbocycles. The van der Waals surface area contributed by atoms with E-state index in [0.29, 0.717) is 22.9 Å². The summed E-state index contributed by atoms with van der Waals surface area (Å²) in [4.78, 5) is 55.5. The first-order valence-electron chi connectivity index (χ1n) is 16.3. The summed E-state index contributed by atoms with van der Waals surface area (Å²) in [7, 11) is 3.14. The minimum atomic E-state index is -1.59. The number of thiol groups is 1. The van der Waals surface area contributed by atoms with E-state index < -0.39 is 59.6 Å². The van der Waals surface area contributed by atoms with Crippen molar-refractivity contribution in [2.24, 2.45) is 11.8 Å². The molecule has 3 aliphatic rings. The van der Waals surface area contributed by atoms with Crippen LogP contribution in [0, 0.1) is 18.8 Å². The van der Waals surface area contributed by atoms with Gasteiger partial charge in [0.1, 0.15) is 29.6 Å². The number of rotatable bonds is 5. The smallest absolute Gasteiger partial charge is 0.409 e. The van der Waals surface area contributed by atoms with Crippen LogP contribution in [0.15, 0.2) is 35.9 Å². The van der Waals surface area contributed by atoms with Crippen molar-refractivity contribution in [1.82, 2.24) is 10.2 Å². The van der Waals surface area contributed by atoms with Gasteiger partial charge in [0.15, 0.2) is 0 Å². The van der Waals surface area contributed by atoms with E-state index in [1.165, 1.54) is 16.8 Å². The van der Waals surface area contributed by atoms with Crippen LogP contribution in [-0.2, 0) is 35.0 Å². The van der Waals surface area contributed by atoms with Crippen molar-refractivity contribution in [2.45, 2.75) is 103 Å². The number of amides is 3. The van der Waals surface area contributed by atoms with E-state index in [1.807, 2.05) is 58.1 Å². The lowest BCUT2D eigenvalue weighted by Gasteiger charge is -2.41. The fraction of sp³-hybridized carbons (Fsp3) is 0.600. The minimum Gasteiger partial charge on any atom is -0.457 e. The maximum Gasteiger partial charge on any atom is 0.409 e. The van der Waals surface area contributed by atoms with Gasteiger partial charge in [-0.2, -0.15) is 12.6 Å². The first-order chi connectivity index (χ1) is 22.4. The Bertz CT molecular complexity index is 1500. The van der Waals surface area contributed by atoms with Crippen molar-refractivity contribution in [3.63, 3.8) is 0 Å². The quantitative estimate of drug-likeness (QED) is 0.227. The van der Waals surface area contributed by atoms with E-state index in [9.17, 15) is 24.3 Å². The fourth-order valence-electron chi connectivity index (χ4n) is 6.43. The molecule has 4 rings (SSSR count). The van der Waals surface area contributed by atoms with Crippen LogP contribution in [-0.4, -0.2) is 89.4 Å². The Labute approximate surface area is 293 Å². The Balaban J connectivity index is 1.75. The van der Waals surface area contributed by atoms with Crippen molar-refractivity contribution in [1.29, 1.82) is 0 Å². The van der Waals surface area contributed by atoms with E-state index in [1.54, 1.807) is 20.9 Å². The first kappa shape index (κ1) is 37.8. The average molecular weight is 706 g/mol. The lowest BCUT2D eigenvalue weighted by atomic mass is 9.82. The number of anilines is 1. The number of halogens is 1. The number of epoxide rings is 1. The molecule has 3 aliphatic heterocycles. The van der Waals surface area contributed by atoms with Crippen LogP contribution in [0.3, 0.4) is 0 Å². The molecule has 2 fully saturated rings. The van der Waals surface area contributed by atoms with Gasteiger partial charge in [-0.15, -0.1) is 0 Å². The Morgan fingerprint density at radius 3 is 2.62 bits per heavy atom. The summed E-state index contributed by atoms with van der Waals surface area (Å²) in [5, 5.41) is 14.6. The number of benzene rings is 1. The third kappa shape index (κ3) is 8.04. The highest BCUT2D eigenvalue weighted by Gasteiger charge is 2.64. The average Bonchev–Trinajstić information content (AvgIpc) is 3.72. The zero-order chi connectivity index (χ0) is 35.7. The minimum absolute atomic E-state index is 0.0782. The molecule has 0 aromatic heterocycles. The molecule has 13 heteroatoms. The number of alkyl carbamates (subject to hydrolysis) is 1. The summed E-state index contributed by atoms with van der Waals surface area (Å²) in [5.41, 5.74) is 0.543. The Morgan fingerprint density at radius 2 is 1.96 bits per heavy atom. The molecule has 0 aliphatic carbocycles. The molecular formula is C35H48ClN3O8S. The van der Waals surface area contributed by atoms with Crippen LogP contribution in [0.2, 0.25) is 5.02 Å². The number of esters is 1. The summed E-state index contributed by atoms with van der Waals surface area (Å²) in [6.45, 7) is 10.8. The molecule has 1 aromatic rings.